The molecule has 2 unspecified atom stereocenters. The second-order valence-electron chi connectivity index (χ2n) is 6.46. The largest absolute Gasteiger partial charge is 0.484 e. The van der Waals surface area contributed by atoms with Crippen molar-refractivity contribution in [2.45, 2.75) is 37.0 Å². The maximum absolute atomic E-state index is 6.40. The minimum Gasteiger partial charge on any atom is -0.484 e. The van der Waals surface area contributed by atoms with Gasteiger partial charge in [-0.1, -0.05) is 15.9 Å². The molecular formula is C16H20BrN3O3. The summed E-state index contributed by atoms with van der Waals surface area (Å²) >= 11 is 3.52. The zero-order chi connectivity index (χ0) is 16.1. The first-order valence-corrected chi connectivity index (χ1v) is 8.66. The number of hydroxylamine groups is 2. The number of guanidine groups is 1. The Morgan fingerprint density at radius 2 is 2.22 bits per heavy atom. The Labute approximate surface area is 143 Å². The molecule has 0 saturated carbocycles. The topological polar surface area (TPSA) is 69.3 Å². The van der Waals surface area contributed by atoms with Gasteiger partial charge in [0, 0.05) is 24.5 Å². The molecule has 2 spiro atoms. The number of hydrogen-bond donors (Lipinski definition) is 1. The Kier molecular flexibility index (Phi) is 3.55. The summed E-state index contributed by atoms with van der Waals surface area (Å²) in [5.74, 6) is 1.17. The van der Waals surface area contributed by atoms with E-state index in [2.05, 4.69) is 20.9 Å². The fourth-order valence-corrected chi connectivity index (χ4v) is 3.99. The fraction of sp³-hybridized carbons (Fsp3) is 0.562. The highest BCUT2D eigenvalue weighted by molar-refractivity contribution is 9.10. The molecule has 0 radical (unpaired) electrons. The van der Waals surface area contributed by atoms with Crippen LogP contribution in [0.1, 0.15) is 31.2 Å². The minimum atomic E-state index is -0.843. The van der Waals surface area contributed by atoms with Gasteiger partial charge in [0.15, 0.2) is 0 Å². The number of hydrogen-bond acceptors (Lipinski definition) is 6. The van der Waals surface area contributed by atoms with Crippen molar-refractivity contribution >= 4 is 21.9 Å². The molecule has 1 fully saturated rings. The van der Waals surface area contributed by atoms with Crippen molar-refractivity contribution in [3.63, 3.8) is 0 Å². The molecule has 0 bridgehead atoms. The van der Waals surface area contributed by atoms with Gasteiger partial charge in [-0.25, -0.2) is 14.9 Å². The van der Waals surface area contributed by atoms with E-state index in [0.29, 0.717) is 19.0 Å². The summed E-state index contributed by atoms with van der Waals surface area (Å²) in [5, 5.41) is 1.53. The molecule has 124 valence electrons. The Hall–Kier alpha value is -1.31. The van der Waals surface area contributed by atoms with E-state index in [1.807, 2.05) is 18.2 Å². The van der Waals surface area contributed by atoms with Gasteiger partial charge in [0.05, 0.1) is 12.2 Å². The second-order valence-corrected chi connectivity index (χ2v) is 7.37. The van der Waals surface area contributed by atoms with Crippen LogP contribution < -0.4 is 10.5 Å². The molecule has 1 aromatic rings. The van der Waals surface area contributed by atoms with Gasteiger partial charge in [-0.3, -0.25) is 0 Å². The van der Waals surface area contributed by atoms with Crippen LogP contribution in [-0.4, -0.2) is 36.9 Å². The van der Waals surface area contributed by atoms with E-state index in [4.69, 9.17) is 20.0 Å². The van der Waals surface area contributed by atoms with E-state index in [1.165, 1.54) is 5.06 Å². The van der Waals surface area contributed by atoms with Gasteiger partial charge in [0.2, 0.25) is 11.7 Å². The van der Waals surface area contributed by atoms with Crippen molar-refractivity contribution in [1.82, 2.24) is 5.06 Å². The van der Waals surface area contributed by atoms with E-state index in [0.717, 1.165) is 41.7 Å². The predicted octanol–water partition coefficient (Wildman–Crippen LogP) is 2.52. The SMILES string of the molecule is CN1OC2(CC3(CCCCOC3)Oc3ccc(Br)cc32)N=C1N. The highest BCUT2D eigenvalue weighted by Gasteiger charge is 2.54. The number of benzene rings is 1. The molecule has 0 aliphatic carbocycles. The number of halogens is 1. The van der Waals surface area contributed by atoms with Crippen molar-refractivity contribution < 1.29 is 14.3 Å². The molecule has 3 aliphatic heterocycles. The quantitative estimate of drug-likeness (QED) is 0.747. The molecular weight excluding hydrogens is 362 g/mol. The first-order valence-electron chi connectivity index (χ1n) is 7.87. The standard InChI is InChI=1S/C16H20BrN3O3/c1-20-14(18)19-16(23-20)9-15(6-2-3-7-21-10-15)22-13-5-4-11(17)8-12(13)16/h4-5,8H,2-3,6-7,9-10H2,1H3,(H2,18,19). The summed E-state index contributed by atoms with van der Waals surface area (Å²) in [6.07, 6.45) is 3.63. The molecule has 6 nitrogen and oxygen atoms in total. The molecule has 3 heterocycles. The van der Waals surface area contributed by atoms with E-state index in [-0.39, 0.29) is 0 Å². The van der Waals surface area contributed by atoms with Crippen LogP contribution in [0.25, 0.3) is 0 Å². The van der Waals surface area contributed by atoms with Crippen molar-refractivity contribution in [3.05, 3.63) is 28.2 Å². The number of ether oxygens (including phenoxy) is 2. The molecule has 23 heavy (non-hydrogen) atoms. The minimum absolute atomic E-state index is 0.377. The lowest BCUT2D eigenvalue weighted by Gasteiger charge is -2.44. The molecule has 2 atom stereocenters. The summed E-state index contributed by atoms with van der Waals surface area (Å²) in [4.78, 5) is 10.8. The third kappa shape index (κ3) is 2.51. The average Bonchev–Trinajstić information content (AvgIpc) is 2.67. The van der Waals surface area contributed by atoms with Gasteiger partial charge >= 0.3 is 0 Å². The summed E-state index contributed by atoms with van der Waals surface area (Å²) in [6, 6.07) is 5.92. The zero-order valence-electron chi connectivity index (χ0n) is 13.0. The van der Waals surface area contributed by atoms with Crippen molar-refractivity contribution in [2.24, 2.45) is 10.7 Å². The maximum Gasteiger partial charge on any atom is 0.222 e. The highest BCUT2D eigenvalue weighted by Crippen LogP contribution is 2.51. The first kappa shape index (κ1) is 15.2. The molecule has 4 rings (SSSR count). The van der Waals surface area contributed by atoms with Crippen molar-refractivity contribution in [2.75, 3.05) is 20.3 Å². The summed E-state index contributed by atoms with van der Waals surface area (Å²) < 4.78 is 13.2. The summed E-state index contributed by atoms with van der Waals surface area (Å²) in [7, 11) is 1.77. The van der Waals surface area contributed by atoms with Crippen LogP contribution in [0.2, 0.25) is 0 Å². The number of nitrogens with zero attached hydrogens (tertiary/aromatic N) is 2. The first-order chi connectivity index (χ1) is 11.0. The second kappa shape index (κ2) is 5.36. The molecule has 2 N–H and O–H groups in total. The van der Waals surface area contributed by atoms with E-state index in [9.17, 15) is 0 Å². The molecule has 3 aliphatic rings. The average molecular weight is 382 g/mol. The molecule has 0 aromatic heterocycles. The maximum atomic E-state index is 6.40. The lowest BCUT2D eigenvalue weighted by Crippen LogP contribution is -2.50. The van der Waals surface area contributed by atoms with E-state index >= 15 is 0 Å². The summed E-state index contributed by atoms with van der Waals surface area (Å²) in [6.45, 7) is 1.32. The normalized spacial score (nSPS) is 33.3. The number of aliphatic imine (C=N–C) groups is 1. The molecule has 1 aromatic carbocycles. The number of nitrogens with two attached hydrogens (primary N) is 1. The molecule has 0 amide bonds. The monoisotopic (exact) mass is 381 g/mol. The Morgan fingerprint density at radius 3 is 3.00 bits per heavy atom. The van der Waals surface area contributed by atoms with Gasteiger partial charge in [-0.15, -0.1) is 0 Å². The third-order valence-corrected chi connectivity index (χ3v) is 5.19. The van der Waals surface area contributed by atoms with Gasteiger partial charge in [-0.05, 0) is 37.5 Å². The molecule has 1 saturated heterocycles. The predicted molar refractivity (Wildman–Crippen MR) is 88.9 cm³/mol. The summed E-state index contributed by atoms with van der Waals surface area (Å²) in [5.41, 5.74) is 5.62. The lowest BCUT2D eigenvalue weighted by molar-refractivity contribution is -0.209. The zero-order valence-corrected chi connectivity index (χ0v) is 14.6. The van der Waals surface area contributed by atoms with Crippen LogP contribution in [0.4, 0.5) is 0 Å². The molecule has 7 heteroatoms. The Bertz CT molecular complexity index is 658. The highest BCUT2D eigenvalue weighted by atomic mass is 79.9. The van der Waals surface area contributed by atoms with Crippen molar-refractivity contribution in [1.29, 1.82) is 0 Å². The number of rotatable bonds is 0. The van der Waals surface area contributed by atoms with Crippen LogP contribution in [0.15, 0.2) is 27.7 Å². The van der Waals surface area contributed by atoms with Gasteiger partial charge < -0.3 is 15.2 Å². The van der Waals surface area contributed by atoms with E-state index in [1.54, 1.807) is 7.05 Å². The Balaban J connectivity index is 1.83. The fourth-order valence-electron chi connectivity index (χ4n) is 3.63. The van der Waals surface area contributed by atoms with Crippen LogP contribution in [0, 0.1) is 0 Å². The van der Waals surface area contributed by atoms with Crippen LogP contribution >= 0.6 is 15.9 Å². The van der Waals surface area contributed by atoms with Crippen LogP contribution in [0.3, 0.4) is 0 Å². The smallest absolute Gasteiger partial charge is 0.222 e. The van der Waals surface area contributed by atoms with Crippen molar-refractivity contribution in [3.8, 4) is 5.75 Å². The number of fused-ring (bicyclic) bond motifs is 2. The van der Waals surface area contributed by atoms with E-state index < -0.39 is 11.3 Å². The van der Waals surface area contributed by atoms with Gasteiger partial charge in [-0.2, -0.15) is 0 Å². The van der Waals surface area contributed by atoms with Gasteiger partial charge in [0.25, 0.3) is 0 Å². The van der Waals surface area contributed by atoms with Crippen LogP contribution in [-0.2, 0) is 15.3 Å². The van der Waals surface area contributed by atoms with Gasteiger partial charge in [0.1, 0.15) is 11.4 Å². The third-order valence-electron chi connectivity index (χ3n) is 4.69. The van der Waals surface area contributed by atoms with Crippen LogP contribution in [0.5, 0.6) is 5.75 Å². The Morgan fingerprint density at radius 1 is 1.35 bits per heavy atom. The lowest BCUT2D eigenvalue weighted by atomic mass is 9.82.